The number of benzene rings is 4. The van der Waals surface area contributed by atoms with E-state index in [1.54, 1.807) is 0 Å². The molecule has 0 unspecified atom stereocenters. The van der Waals surface area contributed by atoms with E-state index >= 15 is 0 Å². The zero-order valence-electron chi connectivity index (χ0n) is 14.7. The van der Waals surface area contributed by atoms with Gasteiger partial charge in [-0.15, -0.1) is 11.3 Å². The predicted molar refractivity (Wildman–Crippen MR) is 118 cm³/mol. The van der Waals surface area contributed by atoms with Crippen LogP contribution in [0.3, 0.4) is 0 Å². The molecule has 28 heavy (non-hydrogen) atoms. The van der Waals surface area contributed by atoms with Crippen molar-refractivity contribution in [3.63, 3.8) is 0 Å². The third kappa shape index (κ3) is 1.84. The van der Waals surface area contributed by atoms with E-state index in [2.05, 4.69) is 77.7 Å². The van der Waals surface area contributed by atoms with Gasteiger partial charge in [-0.05, 0) is 36.4 Å². The van der Waals surface area contributed by atoms with Crippen molar-refractivity contribution < 1.29 is 4.74 Å². The first-order chi connectivity index (χ1) is 13.9. The van der Waals surface area contributed by atoms with Gasteiger partial charge in [0.2, 0.25) is 0 Å². The fourth-order valence-corrected chi connectivity index (χ4v) is 6.51. The first-order valence-electron chi connectivity index (χ1n) is 9.20. The second-order valence-corrected chi connectivity index (χ2v) is 9.14. The lowest BCUT2D eigenvalue weighted by atomic mass is 10.1. The van der Waals surface area contributed by atoms with Crippen molar-refractivity contribution in [1.82, 2.24) is 0 Å². The first-order valence-corrected chi connectivity index (χ1v) is 10.8. The fraction of sp³-hybridized carbons (Fsp3) is 0. The van der Waals surface area contributed by atoms with Crippen LogP contribution >= 0.6 is 23.1 Å². The zero-order chi connectivity index (χ0) is 18.2. The Balaban J connectivity index is 1.65. The second kappa shape index (κ2) is 5.31. The molecule has 0 bridgehead atoms. The molecule has 4 aromatic carbocycles. The van der Waals surface area contributed by atoms with Crippen LogP contribution in [0.1, 0.15) is 0 Å². The van der Waals surface area contributed by atoms with E-state index in [9.17, 15) is 0 Å². The number of anilines is 3. The molecule has 3 heterocycles. The maximum Gasteiger partial charge on any atom is 0.170 e. The highest BCUT2D eigenvalue weighted by Crippen LogP contribution is 2.62. The van der Waals surface area contributed by atoms with Gasteiger partial charge in [-0.3, -0.25) is 0 Å². The molecule has 132 valence electrons. The SMILES string of the molecule is c1ccc2c(c1)Oc1c3c(cc4c1sc1ccccc14)Sc1ccccc1N23. The summed E-state index contributed by atoms with van der Waals surface area (Å²) in [7, 11) is 0. The molecular weight excluding hydrogens is 382 g/mol. The lowest BCUT2D eigenvalue weighted by molar-refractivity contribution is 0.481. The van der Waals surface area contributed by atoms with E-state index in [1.807, 2.05) is 29.2 Å². The number of rotatable bonds is 0. The van der Waals surface area contributed by atoms with Gasteiger partial charge in [0.05, 0.1) is 16.1 Å². The van der Waals surface area contributed by atoms with E-state index in [-0.39, 0.29) is 0 Å². The molecule has 0 saturated carbocycles. The summed E-state index contributed by atoms with van der Waals surface area (Å²) in [5, 5.41) is 2.58. The maximum atomic E-state index is 6.54. The summed E-state index contributed by atoms with van der Waals surface area (Å²) < 4.78 is 9.06. The number of hydrogen-bond acceptors (Lipinski definition) is 4. The van der Waals surface area contributed by atoms with Crippen LogP contribution in [0.25, 0.3) is 20.2 Å². The predicted octanol–water partition coefficient (Wildman–Crippen LogP) is 8.09. The van der Waals surface area contributed by atoms with Crippen molar-refractivity contribution in [1.29, 1.82) is 0 Å². The van der Waals surface area contributed by atoms with Gasteiger partial charge in [-0.1, -0.05) is 54.2 Å². The Labute approximate surface area is 170 Å². The van der Waals surface area contributed by atoms with Crippen molar-refractivity contribution in [3.05, 3.63) is 78.9 Å². The first kappa shape index (κ1) is 15.0. The molecule has 0 spiro atoms. The fourth-order valence-electron chi connectivity index (χ4n) is 4.24. The maximum absolute atomic E-state index is 6.54. The molecule has 0 atom stereocenters. The van der Waals surface area contributed by atoms with Crippen LogP contribution in [0, 0.1) is 0 Å². The summed E-state index contributed by atoms with van der Waals surface area (Å²) in [6, 6.07) is 27.9. The normalized spacial score (nSPS) is 13.8. The van der Waals surface area contributed by atoms with E-state index in [1.165, 1.54) is 41.3 Å². The number of hydrogen-bond donors (Lipinski definition) is 0. The highest BCUT2D eigenvalue weighted by Gasteiger charge is 2.35. The Morgan fingerprint density at radius 3 is 2.46 bits per heavy atom. The molecule has 0 aliphatic carbocycles. The summed E-state index contributed by atoms with van der Waals surface area (Å²) in [6.45, 7) is 0. The van der Waals surface area contributed by atoms with Crippen LogP contribution in [-0.2, 0) is 0 Å². The second-order valence-electron chi connectivity index (χ2n) is 7.00. The van der Waals surface area contributed by atoms with Gasteiger partial charge in [0.15, 0.2) is 11.5 Å². The van der Waals surface area contributed by atoms with Gasteiger partial charge in [0, 0.05) is 25.3 Å². The number of ether oxygens (including phenoxy) is 1. The van der Waals surface area contributed by atoms with E-state index in [0.29, 0.717) is 0 Å². The van der Waals surface area contributed by atoms with Crippen LogP contribution < -0.4 is 9.64 Å². The molecule has 0 saturated heterocycles. The third-order valence-corrected chi connectivity index (χ3v) is 7.71. The molecule has 4 heteroatoms. The van der Waals surface area contributed by atoms with Crippen molar-refractivity contribution >= 4 is 60.3 Å². The van der Waals surface area contributed by atoms with Gasteiger partial charge in [0.25, 0.3) is 0 Å². The zero-order valence-corrected chi connectivity index (χ0v) is 16.3. The third-order valence-electron chi connectivity index (χ3n) is 5.43. The topological polar surface area (TPSA) is 12.5 Å². The molecule has 7 rings (SSSR count). The van der Waals surface area contributed by atoms with Crippen LogP contribution in [0.4, 0.5) is 17.1 Å². The van der Waals surface area contributed by atoms with Crippen LogP contribution in [0.2, 0.25) is 0 Å². The molecule has 0 amide bonds. The summed E-state index contributed by atoms with van der Waals surface area (Å²) in [6.07, 6.45) is 0. The van der Waals surface area contributed by atoms with Crippen molar-refractivity contribution in [2.75, 3.05) is 4.90 Å². The monoisotopic (exact) mass is 395 g/mol. The molecule has 2 nitrogen and oxygen atoms in total. The van der Waals surface area contributed by atoms with Crippen molar-refractivity contribution in [3.8, 4) is 11.5 Å². The lowest BCUT2D eigenvalue weighted by Crippen LogP contribution is -2.19. The van der Waals surface area contributed by atoms with Gasteiger partial charge in [-0.25, -0.2) is 0 Å². The summed E-state index contributed by atoms with van der Waals surface area (Å²) in [4.78, 5) is 4.90. The molecular formula is C24H13NOS2. The Morgan fingerprint density at radius 1 is 0.714 bits per heavy atom. The smallest absolute Gasteiger partial charge is 0.170 e. The average Bonchev–Trinajstić information content (AvgIpc) is 3.12. The number of nitrogens with zero attached hydrogens (tertiary/aromatic N) is 1. The molecule has 2 aliphatic rings. The molecule has 0 fully saturated rings. The summed E-state index contributed by atoms with van der Waals surface area (Å²) in [5.41, 5.74) is 3.49. The summed E-state index contributed by atoms with van der Waals surface area (Å²) in [5.74, 6) is 1.89. The lowest BCUT2D eigenvalue weighted by Gasteiger charge is -2.38. The average molecular weight is 396 g/mol. The van der Waals surface area contributed by atoms with Crippen LogP contribution in [0.15, 0.2) is 88.7 Å². The molecule has 0 N–H and O–H groups in total. The minimum Gasteiger partial charge on any atom is -0.451 e. The van der Waals surface area contributed by atoms with E-state index < -0.39 is 0 Å². The van der Waals surface area contributed by atoms with Crippen molar-refractivity contribution in [2.24, 2.45) is 0 Å². The number of para-hydroxylation sites is 3. The largest absolute Gasteiger partial charge is 0.451 e. The van der Waals surface area contributed by atoms with Gasteiger partial charge in [0.1, 0.15) is 5.69 Å². The molecule has 0 radical (unpaired) electrons. The minimum absolute atomic E-state index is 0.910. The molecule has 2 aliphatic heterocycles. The quantitative estimate of drug-likeness (QED) is 0.257. The molecule has 5 aromatic rings. The molecule has 1 aromatic heterocycles. The van der Waals surface area contributed by atoms with Gasteiger partial charge < -0.3 is 9.64 Å². The van der Waals surface area contributed by atoms with E-state index in [0.717, 1.165) is 17.2 Å². The van der Waals surface area contributed by atoms with Crippen molar-refractivity contribution in [2.45, 2.75) is 9.79 Å². The minimum atomic E-state index is 0.910. The highest BCUT2D eigenvalue weighted by atomic mass is 32.2. The number of thiophene rings is 1. The number of fused-ring (bicyclic) bond motifs is 8. The van der Waals surface area contributed by atoms with Crippen LogP contribution in [0.5, 0.6) is 11.5 Å². The highest BCUT2D eigenvalue weighted by molar-refractivity contribution is 7.99. The van der Waals surface area contributed by atoms with Gasteiger partial charge in [-0.2, -0.15) is 0 Å². The van der Waals surface area contributed by atoms with E-state index in [4.69, 9.17) is 4.74 Å². The van der Waals surface area contributed by atoms with Gasteiger partial charge >= 0.3 is 0 Å². The standard InChI is InChI=1S/C24H13NOS2/c1-5-11-19-14(7-1)15-13-21-22-23(24(15)28-19)26-18-10-4-2-8-16(18)25(22)17-9-3-6-12-20(17)27-21/h1-13H. The Bertz CT molecular complexity index is 1420. The van der Waals surface area contributed by atoms with Crippen LogP contribution in [-0.4, -0.2) is 0 Å². The summed E-state index contributed by atoms with van der Waals surface area (Å²) >= 11 is 3.65. The Kier molecular flexibility index (Phi) is 2.85. The Morgan fingerprint density at radius 2 is 1.50 bits per heavy atom. The Hall–Kier alpha value is -2.95.